The minimum absolute atomic E-state index is 0.0270. The normalized spacial score (nSPS) is 11.5. The fourth-order valence-corrected chi connectivity index (χ4v) is 2.00. The lowest BCUT2D eigenvalue weighted by Gasteiger charge is -2.14. The van der Waals surface area contributed by atoms with Crippen molar-refractivity contribution < 1.29 is 19.5 Å². The number of benzene rings is 1. The Morgan fingerprint density at radius 3 is 2.43 bits per heavy atom. The van der Waals surface area contributed by atoms with Gasteiger partial charge in [0.05, 0.1) is 0 Å². The van der Waals surface area contributed by atoms with Crippen LogP contribution < -0.4 is 16.4 Å². The van der Waals surface area contributed by atoms with Crippen molar-refractivity contribution in [3.05, 3.63) is 35.9 Å². The summed E-state index contributed by atoms with van der Waals surface area (Å²) < 4.78 is 0. The Morgan fingerprint density at radius 2 is 1.83 bits per heavy atom. The van der Waals surface area contributed by atoms with E-state index in [2.05, 4.69) is 10.6 Å². The third-order valence-corrected chi connectivity index (χ3v) is 3.25. The van der Waals surface area contributed by atoms with Gasteiger partial charge in [-0.2, -0.15) is 0 Å². The number of carboxylic acids is 1. The number of carboxylic acid groups (broad SMARTS) is 1. The average molecular weight is 321 g/mol. The van der Waals surface area contributed by atoms with E-state index in [1.165, 1.54) is 0 Å². The topological polar surface area (TPSA) is 122 Å². The van der Waals surface area contributed by atoms with E-state index in [0.29, 0.717) is 31.4 Å². The van der Waals surface area contributed by atoms with E-state index < -0.39 is 17.9 Å². The summed E-state index contributed by atoms with van der Waals surface area (Å²) in [6.07, 6.45) is 1.72. The van der Waals surface area contributed by atoms with Gasteiger partial charge in [0.2, 0.25) is 5.91 Å². The fraction of sp³-hybridized carbons (Fsp3) is 0.438. The van der Waals surface area contributed by atoms with Gasteiger partial charge in [-0.3, -0.25) is 9.59 Å². The SMILES string of the molecule is NCCCC[C@H](NC(=O)CCNC(=O)c1ccccc1)C(=O)O. The lowest BCUT2D eigenvalue weighted by atomic mass is 10.1. The monoisotopic (exact) mass is 321 g/mol. The van der Waals surface area contributed by atoms with Gasteiger partial charge in [-0.15, -0.1) is 0 Å². The molecular weight excluding hydrogens is 298 g/mol. The number of carbonyl (C=O) groups excluding carboxylic acids is 2. The molecule has 7 heteroatoms. The van der Waals surface area contributed by atoms with Gasteiger partial charge < -0.3 is 21.5 Å². The Hall–Kier alpha value is -2.41. The third kappa shape index (κ3) is 7.42. The molecule has 0 spiro atoms. The summed E-state index contributed by atoms with van der Waals surface area (Å²) in [6.45, 7) is 0.639. The third-order valence-electron chi connectivity index (χ3n) is 3.25. The molecule has 0 fully saturated rings. The highest BCUT2D eigenvalue weighted by atomic mass is 16.4. The van der Waals surface area contributed by atoms with E-state index in [1.807, 2.05) is 0 Å². The smallest absolute Gasteiger partial charge is 0.326 e. The molecule has 0 unspecified atom stereocenters. The lowest BCUT2D eigenvalue weighted by molar-refractivity contribution is -0.142. The van der Waals surface area contributed by atoms with Crippen LogP contribution in [0.2, 0.25) is 0 Å². The first-order valence-corrected chi connectivity index (χ1v) is 7.60. The summed E-state index contributed by atoms with van der Waals surface area (Å²) in [6, 6.07) is 7.74. The minimum atomic E-state index is -1.07. The number of amides is 2. The Morgan fingerprint density at radius 1 is 1.13 bits per heavy atom. The summed E-state index contributed by atoms with van der Waals surface area (Å²) in [5, 5.41) is 14.1. The van der Waals surface area contributed by atoms with E-state index in [4.69, 9.17) is 10.8 Å². The maximum Gasteiger partial charge on any atom is 0.326 e. The quantitative estimate of drug-likeness (QED) is 0.468. The molecule has 1 aromatic rings. The van der Waals surface area contributed by atoms with Crippen molar-refractivity contribution in [2.24, 2.45) is 5.73 Å². The highest BCUT2D eigenvalue weighted by Gasteiger charge is 2.19. The summed E-state index contributed by atoms with van der Waals surface area (Å²) >= 11 is 0. The zero-order chi connectivity index (χ0) is 17.1. The number of carbonyl (C=O) groups is 3. The zero-order valence-corrected chi connectivity index (χ0v) is 13.0. The van der Waals surface area contributed by atoms with Crippen LogP contribution in [0, 0.1) is 0 Å². The van der Waals surface area contributed by atoms with Gasteiger partial charge in [0.15, 0.2) is 0 Å². The van der Waals surface area contributed by atoms with Crippen molar-refractivity contribution >= 4 is 17.8 Å². The van der Waals surface area contributed by atoms with Gasteiger partial charge in [0.25, 0.3) is 5.91 Å². The second-order valence-electron chi connectivity index (χ2n) is 5.11. The van der Waals surface area contributed by atoms with Crippen molar-refractivity contribution in [2.45, 2.75) is 31.7 Å². The summed E-state index contributed by atoms with van der Waals surface area (Å²) in [4.78, 5) is 34.6. The molecule has 0 heterocycles. The Labute approximate surface area is 135 Å². The van der Waals surface area contributed by atoms with Crippen LogP contribution in [0.5, 0.6) is 0 Å². The van der Waals surface area contributed by atoms with Crippen LogP contribution in [0.1, 0.15) is 36.0 Å². The van der Waals surface area contributed by atoms with Gasteiger partial charge in [-0.05, 0) is 37.9 Å². The van der Waals surface area contributed by atoms with Crippen molar-refractivity contribution in [1.29, 1.82) is 0 Å². The van der Waals surface area contributed by atoms with Crippen LogP contribution in [-0.2, 0) is 9.59 Å². The first-order chi connectivity index (χ1) is 11.0. The number of rotatable bonds is 10. The Bertz CT molecular complexity index is 519. The second kappa shape index (κ2) is 10.3. The zero-order valence-electron chi connectivity index (χ0n) is 13.0. The van der Waals surface area contributed by atoms with Gasteiger partial charge in [0, 0.05) is 18.5 Å². The van der Waals surface area contributed by atoms with Gasteiger partial charge >= 0.3 is 5.97 Å². The molecule has 0 aliphatic heterocycles. The molecule has 126 valence electrons. The number of aliphatic carboxylic acids is 1. The standard InChI is InChI=1S/C16H23N3O4/c17-10-5-4-8-13(16(22)23)19-14(20)9-11-18-15(21)12-6-2-1-3-7-12/h1-3,6-7,13H,4-5,8-11,17H2,(H,18,21)(H,19,20)(H,22,23)/t13-/m0/s1. The molecule has 1 atom stereocenters. The summed E-state index contributed by atoms with van der Waals surface area (Å²) in [5.74, 6) is -1.74. The molecule has 23 heavy (non-hydrogen) atoms. The van der Waals surface area contributed by atoms with Crippen LogP contribution in [-0.4, -0.2) is 42.0 Å². The minimum Gasteiger partial charge on any atom is -0.480 e. The van der Waals surface area contributed by atoms with Crippen molar-refractivity contribution in [3.63, 3.8) is 0 Å². The molecule has 0 radical (unpaired) electrons. The second-order valence-corrected chi connectivity index (χ2v) is 5.11. The fourth-order valence-electron chi connectivity index (χ4n) is 2.00. The number of nitrogens with two attached hydrogens (primary N) is 1. The molecule has 5 N–H and O–H groups in total. The molecule has 0 bridgehead atoms. The summed E-state index contributed by atoms with van der Waals surface area (Å²) in [5.41, 5.74) is 5.87. The lowest BCUT2D eigenvalue weighted by Crippen LogP contribution is -2.42. The van der Waals surface area contributed by atoms with Crippen molar-refractivity contribution in [3.8, 4) is 0 Å². The molecule has 0 saturated heterocycles. The predicted octanol–water partition coefficient (Wildman–Crippen LogP) is 0.505. The number of hydrogen-bond donors (Lipinski definition) is 4. The van der Waals surface area contributed by atoms with E-state index in [1.54, 1.807) is 30.3 Å². The molecule has 0 saturated carbocycles. The molecule has 2 amide bonds. The first kappa shape index (κ1) is 18.6. The molecule has 0 aliphatic carbocycles. The molecular formula is C16H23N3O4. The van der Waals surface area contributed by atoms with Crippen molar-refractivity contribution in [2.75, 3.05) is 13.1 Å². The van der Waals surface area contributed by atoms with Crippen LogP contribution in [0.15, 0.2) is 30.3 Å². The first-order valence-electron chi connectivity index (χ1n) is 7.60. The number of hydrogen-bond acceptors (Lipinski definition) is 4. The largest absolute Gasteiger partial charge is 0.480 e. The van der Waals surface area contributed by atoms with Crippen LogP contribution >= 0.6 is 0 Å². The average Bonchev–Trinajstić information content (AvgIpc) is 2.54. The highest BCUT2D eigenvalue weighted by Crippen LogP contribution is 2.01. The maximum absolute atomic E-state index is 11.8. The van der Waals surface area contributed by atoms with Gasteiger partial charge in [-0.25, -0.2) is 4.79 Å². The van der Waals surface area contributed by atoms with E-state index >= 15 is 0 Å². The van der Waals surface area contributed by atoms with Gasteiger partial charge in [0.1, 0.15) is 6.04 Å². The predicted molar refractivity (Wildman–Crippen MR) is 85.9 cm³/mol. The number of unbranched alkanes of at least 4 members (excludes halogenated alkanes) is 1. The number of nitrogens with one attached hydrogen (secondary N) is 2. The van der Waals surface area contributed by atoms with Crippen LogP contribution in [0.4, 0.5) is 0 Å². The van der Waals surface area contributed by atoms with E-state index in [-0.39, 0.29) is 18.9 Å². The molecule has 7 nitrogen and oxygen atoms in total. The van der Waals surface area contributed by atoms with E-state index in [9.17, 15) is 14.4 Å². The highest BCUT2D eigenvalue weighted by molar-refractivity contribution is 5.94. The summed E-state index contributed by atoms with van der Waals surface area (Å²) in [7, 11) is 0. The van der Waals surface area contributed by atoms with Gasteiger partial charge in [-0.1, -0.05) is 18.2 Å². The van der Waals surface area contributed by atoms with Crippen molar-refractivity contribution in [1.82, 2.24) is 10.6 Å². The Balaban J connectivity index is 2.32. The van der Waals surface area contributed by atoms with Crippen LogP contribution in [0.3, 0.4) is 0 Å². The molecule has 0 aromatic heterocycles. The van der Waals surface area contributed by atoms with Crippen LogP contribution in [0.25, 0.3) is 0 Å². The maximum atomic E-state index is 11.8. The molecule has 0 aliphatic rings. The Kier molecular flexibility index (Phi) is 8.38. The molecule has 1 aromatic carbocycles. The van der Waals surface area contributed by atoms with E-state index in [0.717, 1.165) is 0 Å². The molecule has 1 rings (SSSR count).